The predicted octanol–water partition coefficient (Wildman–Crippen LogP) is 4.70. The smallest absolute Gasteiger partial charge is 0.222 e. The lowest BCUT2D eigenvalue weighted by Gasteiger charge is -2.11. The van der Waals surface area contributed by atoms with E-state index in [0.717, 1.165) is 0 Å². The lowest BCUT2D eigenvalue weighted by atomic mass is 10.1. The van der Waals surface area contributed by atoms with Gasteiger partial charge in [-0.3, -0.25) is 0 Å². The highest BCUT2D eigenvalue weighted by Gasteiger charge is 2.15. The largest absolute Gasteiger partial charge is 0.456 e. The van der Waals surface area contributed by atoms with Gasteiger partial charge < -0.3 is 10.5 Å². The Kier molecular flexibility index (Phi) is 4.52. The first-order valence-electron chi connectivity index (χ1n) is 6.84. The van der Waals surface area contributed by atoms with Gasteiger partial charge in [-0.1, -0.05) is 47.5 Å². The Morgan fingerprint density at radius 2 is 1.79 bits per heavy atom. The number of aromatic nitrogens is 2. The van der Waals surface area contributed by atoms with Crippen molar-refractivity contribution >= 4 is 29.2 Å². The van der Waals surface area contributed by atoms with Gasteiger partial charge in [0.15, 0.2) is 5.15 Å². The molecule has 3 rings (SSSR count). The number of nitriles is 1. The van der Waals surface area contributed by atoms with Crippen LogP contribution in [0.4, 0.5) is 5.95 Å². The zero-order chi connectivity index (χ0) is 17.1. The van der Waals surface area contributed by atoms with Crippen molar-refractivity contribution in [3.05, 3.63) is 64.3 Å². The normalized spacial score (nSPS) is 10.2. The van der Waals surface area contributed by atoms with Crippen LogP contribution in [0.1, 0.15) is 5.56 Å². The number of nitrogens with two attached hydrogens (primary N) is 1. The van der Waals surface area contributed by atoms with Crippen molar-refractivity contribution in [3.8, 4) is 28.8 Å². The number of hydrogen-bond acceptors (Lipinski definition) is 5. The van der Waals surface area contributed by atoms with E-state index >= 15 is 0 Å². The van der Waals surface area contributed by atoms with Gasteiger partial charge in [0, 0.05) is 5.56 Å². The molecule has 7 heteroatoms. The third-order valence-electron chi connectivity index (χ3n) is 3.17. The van der Waals surface area contributed by atoms with Crippen LogP contribution in [0.3, 0.4) is 0 Å². The van der Waals surface area contributed by atoms with Crippen molar-refractivity contribution in [2.24, 2.45) is 0 Å². The Morgan fingerprint density at radius 3 is 2.50 bits per heavy atom. The van der Waals surface area contributed by atoms with Gasteiger partial charge in [-0.05, 0) is 24.3 Å². The number of hydrogen-bond donors (Lipinski definition) is 1. The topological polar surface area (TPSA) is 84.8 Å². The Bertz CT molecular complexity index is 939. The molecule has 0 aliphatic heterocycles. The summed E-state index contributed by atoms with van der Waals surface area (Å²) in [7, 11) is 0. The quantitative estimate of drug-likeness (QED) is 0.687. The second kappa shape index (κ2) is 6.75. The minimum atomic E-state index is -0.0190. The molecule has 2 aromatic carbocycles. The van der Waals surface area contributed by atoms with Crippen LogP contribution in [0, 0.1) is 11.3 Å². The molecule has 0 aliphatic carbocycles. The molecule has 0 fully saturated rings. The van der Waals surface area contributed by atoms with E-state index in [1.807, 2.05) is 36.4 Å². The van der Waals surface area contributed by atoms with Crippen LogP contribution < -0.4 is 10.5 Å². The van der Waals surface area contributed by atoms with E-state index in [0.29, 0.717) is 27.8 Å². The summed E-state index contributed by atoms with van der Waals surface area (Å²) in [5.74, 6) is 1.05. The average Bonchev–Trinajstić information content (AvgIpc) is 2.57. The first-order valence-corrected chi connectivity index (χ1v) is 7.60. The van der Waals surface area contributed by atoms with Crippen molar-refractivity contribution < 1.29 is 4.74 Å². The summed E-state index contributed by atoms with van der Waals surface area (Å²) in [6.45, 7) is 0. The molecule has 0 radical (unpaired) electrons. The molecule has 0 amide bonds. The fraction of sp³-hybridized carbons (Fsp3) is 0. The number of anilines is 1. The van der Waals surface area contributed by atoms with E-state index < -0.39 is 0 Å². The molecular weight excluding hydrogens is 347 g/mol. The van der Waals surface area contributed by atoms with E-state index in [-0.39, 0.29) is 16.7 Å². The molecule has 0 spiro atoms. The molecule has 24 heavy (non-hydrogen) atoms. The number of nitrogens with zero attached hydrogens (tertiary/aromatic N) is 3. The van der Waals surface area contributed by atoms with Crippen LogP contribution in [0.15, 0.2) is 48.5 Å². The van der Waals surface area contributed by atoms with Crippen molar-refractivity contribution in [3.63, 3.8) is 0 Å². The maximum absolute atomic E-state index is 9.30. The van der Waals surface area contributed by atoms with E-state index in [9.17, 15) is 5.26 Å². The predicted molar refractivity (Wildman–Crippen MR) is 93.1 cm³/mol. The molecule has 0 aliphatic rings. The average molecular weight is 357 g/mol. The number of nitrogen functional groups attached to an aromatic ring is 1. The molecular formula is C17H10Cl2N4O. The summed E-state index contributed by atoms with van der Waals surface area (Å²) in [5, 5.41) is 9.72. The highest BCUT2D eigenvalue weighted by atomic mass is 35.5. The van der Waals surface area contributed by atoms with E-state index in [4.69, 9.17) is 33.7 Å². The first-order chi connectivity index (χ1) is 11.6. The summed E-state index contributed by atoms with van der Waals surface area (Å²) < 4.78 is 5.78. The molecule has 0 atom stereocenters. The van der Waals surface area contributed by atoms with Gasteiger partial charge >= 0.3 is 0 Å². The maximum atomic E-state index is 9.30. The Morgan fingerprint density at radius 1 is 1.04 bits per heavy atom. The lowest BCUT2D eigenvalue weighted by molar-refractivity contribution is 0.483. The van der Waals surface area contributed by atoms with Gasteiger partial charge in [-0.25, -0.2) is 4.98 Å². The molecule has 3 aromatic rings. The Labute approximate surface area is 148 Å². The van der Waals surface area contributed by atoms with Crippen molar-refractivity contribution in [1.82, 2.24) is 9.97 Å². The van der Waals surface area contributed by atoms with Crippen LogP contribution in [-0.4, -0.2) is 9.97 Å². The highest BCUT2D eigenvalue weighted by Crippen LogP contribution is 2.35. The third kappa shape index (κ3) is 3.25. The summed E-state index contributed by atoms with van der Waals surface area (Å²) in [4.78, 5) is 7.90. The minimum absolute atomic E-state index is 0.000442. The minimum Gasteiger partial charge on any atom is -0.456 e. The monoisotopic (exact) mass is 356 g/mol. The fourth-order valence-corrected chi connectivity index (χ4v) is 2.48. The third-order valence-corrected chi connectivity index (χ3v) is 3.76. The van der Waals surface area contributed by atoms with E-state index in [2.05, 4.69) is 9.97 Å². The SMILES string of the molecule is N#Cc1c(Cl)nc(N)nc1-c1ccc(Cl)c(Oc2ccccc2)c1. The molecule has 118 valence electrons. The number of benzene rings is 2. The molecule has 0 saturated carbocycles. The van der Waals surface area contributed by atoms with Gasteiger partial charge in [0.05, 0.1) is 10.7 Å². The second-order valence-electron chi connectivity index (χ2n) is 4.77. The Balaban J connectivity index is 2.08. The zero-order valence-electron chi connectivity index (χ0n) is 12.2. The van der Waals surface area contributed by atoms with Gasteiger partial charge in [0.25, 0.3) is 0 Å². The summed E-state index contributed by atoms with van der Waals surface area (Å²) in [5.41, 5.74) is 6.70. The van der Waals surface area contributed by atoms with Gasteiger partial charge in [-0.15, -0.1) is 0 Å². The van der Waals surface area contributed by atoms with Crippen LogP contribution in [0.5, 0.6) is 11.5 Å². The number of para-hydroxylation sites is 1. The number of rotatable bonds is 3. The zero-order valence-corrected chi connectivity index (χ0v) is 13.7. The standard InChI is InChI=1S/C17H10Cl2N4O/c18-13-7-6-10(8-14(13)24-11-4-2-1-3-5-11)15-12(9-20)16(19)23-17(21)22-15/h1-8H,(H2,21,22,23). The summed E-state index contributed by atoms with van der Waals surface area (Å²) in [6.07, 6.45) is 0. The first kappa shape index (κ1) is 16.1. The molecule has 1 heterocycles. The molecule has 5 nitrogen and oxygen atoms in total. The number of halogens is 2. The summed E-state index contributed by atoms with van der Waals surface area (Å²) >= 11 is 12.2. The summed E-state index contributed by atoms with van der Waals surface area (Å²) in [6, 6.07) is 16.2. The van der Waals surface area contributed by atoms with Crippen LogP contribution in [0.25, 0.3) is 11.3 Å². The number of ether oxygens (including phenoxy) is 1. The van der Waals surface area contributed by atoms with Gasteiger partial charge in [0.2, 0.25) is 5.95 Å². The van der Waals surface area contributed by atoms with Crippen molar-refractivity contribution in [1.29, 1.82) is 5.26 Å². The highest BCUT2D eigenvalue weighted by molar-refractivity contribution is 6.32. The fourth-order valence-electron chi connectivity index (χ4n) is 2.10. The van der Waals surface area contributed by atoms with Crippen LogP contribution >= 0.6 is 23.2 Å². The van der Waals surface area contributed by atoms with Crippen molar-refractivity contribution in [2.75, 3.05) is 5.73 Å². The van der Waals surface area contributed by atoms with Crippen LogP contribution in [-0.2, 0) is 0 Å². The van der Waals surface area contributed by atoms with E-state index in [1.165, 1.54) is 0 Å². The Hall–Kier alpha value is -2.81. The maximum Gasteiger partial charge on any atom is 0.222 e. The molecule has 1 aromatic heterocycles. The second-order valence-corrected chi connectivity index (χ2v) is 5.53. The van der Waals surface area contributed by atoms with Gasteiger partial charge in [-0.2, -0.15) is 10.2 Å². The molecule has 0 bridgehead atoms. The van der Waals surface area contributed by atoms with Crippen molar-refractivity contribution in [2.45, 2.75) is 0 Å². The molecule has 0 unspecified atom stereocenters. The lowest BCUT2D eigenvalue weighted by Crippen LogP contribution is -2.00. The van der Waals surface area contributed by atoms with Gasteiger partial charge in [0.1, 0.15) is 23.1 Å². The van der Waals surface area contributed by atoms with Crippen LogP contribution in [0.2, 0.25) is 10.2 Å². The molecule has 2 N–H and O–H groups in total. The van der Waals surface area contributed by atoms with E-state index in [1.54, 1.807) is 18.2 Å². The molecule has 0 saturated heterocycles.